The van der Waals surface area contributed by atoms with Crippen molar-refractivity contribution in [3.8, 4) is 22.8 Å². The molecule has 0 atom stereocenters. The first-order valence-corrected chi connectivity index (χ1v) is 8.18. The molecule has 2 aromatic carbocycles. The molecule has 2 heterocycles. The lowest BCUT2D eigenvalue weighted by atomic mass is 9.88. The average Bonchev–Trinajstić information content (AvgIpc) is 3.12. The molecule has 1 aliphatic heterocycles. The summed E-state index contributed by atoms with van der Waals surface area (Å²) >= 11 is 0. The highest BCUT2D eigenvalue weighted by atomic mass is 16.5. The van der Waals surface area contributed by atoms with E-state index in [1.54, 1.807) is 6.33 Å². The molecule has 0 unspecified atom stereocenters. The van der Waals surface area contributed by atoms with Crippen LogP contribution in [0.2, 0.25) is 0 Å². The summed E-state index contributed by atoms with van der Waals surface area (Å²) in [6.45, 7) is 1.49. The Bertz CT molecular complexity index is 838. The molecule has 1 aliphatic rings. The van der Waals surface area contributed by atoms with E-state index in [1.807, 2.05) is 59.2 Å². The monoisotopic (exact) mass is 337 g/mol. The maximum atomic E-state index is 9.57. The summed E-state index contributed by atoms with van der Waals surface area (Å²) in [4.78, 5) is 0. The van der Waals surface area contributed by atoms with Crippen LogP contribution in [-0.2, 0) is 4.74 Å². The molecule has 0 saturated carbocycles. The minimum Gasteiger partial charge on any atom is -0.492 e. The summed E-state index contributed by atoms with van der Waals surface area (Å²) < 4.78 is 13.2. The van der Waals surface area contributed by atoms with Gasteiger partial charge in [-0.25, -0.2) is 0 Å². The zero-order valence-electron chi connectivity index (χ0n) is 13.7. The number of ether oxygens (including phenoxy) is 2. The lowest BCUT2D eigenvalue weighted by Gasteiger charge is -2.39. The molecule has 6 heteroatoms. The number of benzene rings is 2. The van der Waals surface area contributed by atoms with Crippen LogP contribution < -0.4 is 4.74 Å². The van der Waals surface area contributed by atoms with Gasteiger partial charge < -0.3 is 14.6 Å². The molecule has 0 spiro atoms. The molecule has 3 aromatic rings. The second-order valence-electron chi connectivity index (χ2n) is 6.30. The van der Waals surface area contributed by atoms with Crippen LogP contribution in [0.3, 0.4) is 0 Å². The van der Waals surface area contributed by atoms with Crippen LogP contribution in [0.15, 0.2) is 60.9 Å². The number of hydrogen-bond donors (Lipinski definition) is 1. The Labute approximate surface area is 145 Å². The van der Waals surface area contributed by atoms with Crippen molar-refractivity contribution in [3.05, 3.63) is 60.9 Å². The van der Waals surface area contributed by atoms with E-state index < -0.39 is 0 Å². The fraction of sp³-hybridized carbons (Fsp3) is 0.263. The molecule has 1 aromatic heterocycles. The van der Waals surface area contributed by atoms with Gasteiger partial charge in [0, 0.05) is 5.69 Å². The van der Waals surface area contributed by atoms with Gasteiger partial charge in [0.15, 0.2) is 5.82 Å². The van der Waals surface area contributed by atoms with E-state index >= 15 is 0 Å². The van der Waals surface area contributed by atoms with Gasteiger partial charge >= 0.3 is 0 Å². The van der Waals surface area contributed by atoms with Gasteiger partial charge in [-0.05, 0) is 24.3 Å². The summed E-state index contributed by atoms with van der Waals surface area (Å²) in [6, 6.07) is 17.7. The molecular formula is C19H19N3O3. The zero-order valence-corrected chi connectivity index (χ0v) is 13.7. The summed E-state index contributed by atoms with van der Waals surface area (Å²) in [5.41, 5.74) is 1.54. The molecular weight excluding hydrogens is 318 g/mol. The van der Waals surface area contributed by atoms with Crippen LogP contribution in [-0.4, -0.2) is 46.3 Å². The van der Waals surface area contributed by atoms with Crippen molar-refractivity contribution in [3.63, 3.8) is 0 Å². The van der Waals surface area contributed by atoms with Gasteiger partial charge in [-0.3, -0.25) is 4.57 Å². The fourth-order valence-corrected chi connectivity index (χ4v) is 2.82. The number of nitrogens with zero attached hydrogens (tertiary/aromatic N) is 3. The van der Waals surface area contributed by atoms with E-state index in [4.69, 9.17) is 9.47 Å². The third-order valence-electron chi connectivity index (χ3n) is 4.40. The maximum Gasteiger partial charge on any atom is 0.172 e. The summed E-state index contributed by atoms with van der Waals surface area (Å²) in [7, 11) is 0. The normalized spacial score (nSPS) is 15.6. The van der Waals surface area contributed by atoms with Gasteiger partial charge in [-0.2, -0.15) is 0 Å². The third kappa shape index (κ3) is 3.01. The third-order valence-corrected chi connectivity index (χ3v) is 4.40. The minimum atomic E-state index is -0.305. The maximum absolute atomic E-state index is 9.57. The van der Waals surface area contributed by atoms with Crippen molar-refractivity contribution < 1.29 is 14.6 Å². The summed E-state index contributed by atoms with van der Waals surface area (Å²) in [5.74, 6) is 1.43. The molecule has 4 rings (SSSR count). The summed E-state index contributed by atoms with van der Waals surface area (Å²) in [6.07, 6.45) is 1.69. The molecule has 1 saturated heterocycles. The topological polar surface area (TPSA) is 69.4 Å². The van der Waals surface area contributed by atoms with Gasteiger partial charge in [0.1, 0.15) is 18.7 Å². The Morgan fingerprint density at radius 2 is 1.84 bits per heavy atom. The number of aliphatic hydroxyl groups excluding tert-OH is 1. The van der Waals surface area contributed by atoms with E-state index in [9.17, 15) is 5.11 Å². The second-order valence-corrected chi connectivity index (χ2v) is 6.30. The first-order chi connectivity index (χ1) is 12.3. The second kappa shape index (κ2) is 6.66. The van der Waals surface area contributed by atoms with Crippen LogP contribution in [0.1, 0.15) is 0 Å². The highest BCUT2D eigenvalue weighted by molar-refractivity contribution is 5.65. The average molecular weight is 337 g/mol. The molecule has 1 N–H and O–H groups in total. The molecule has 6 nitrogen and oxygen atoms in total. The smallest absolute Gasteiger partial charge is 0.172 e. The molecule has 128 valence electrons. The van der Waals surface area contributed by atoms with Crippen LogP contribution >= 0.6 is 0 Å². The number of para-hydroxylation sites is 2. The van der Waals surface area contributed by atoms with Crippen molar-refractivity contribution in [2.75, 3.05) is 26.4 Å². The van der Waals surface area contributed by atoms with Crippen molar-refractivity contribution in [2.45, 2.75) is 0 Å². The Morgan fingerprint density at radius 1 is 1.08 bits per heavy atom. The Hall–Kier alpha value is -2.70. The zero-order chi connectivity index (χ0) is 17.1. The van der Waals surface area contributed by atoms with Crippen molar-refractivity contribution in [1.82, 2.24) is 14.8 Å². The molecule has 0 amide bonds. The SMILES string of the molecule is OCC1(COc2ccccc2-c2nncn2-c2ccccc2)COC1. The van der Waals surface area contributed by atoms with E-state index in [0.717, 1.165) is 11.3 Å². The Morgan fingerprint density at radius 3 is 2.56 bits per heavy atom. The minimum absolute atomic E-state index is 0.0510. The number of aliphatic hydroxyl groups is 1. The van der Waals surface area contributed by atoms with E-state index in [0.29, 0.717) is 31.4 Å². The largest absolute Gasteiger partial charge is 0.492 e. The molecule has 0 aliphatic carbocycles. The summed E-state index contributed by atoms with van der Waals surface area (Å²) in [5, 5.41) is 17.9. The lowest BCUT2D eigenvalue weighted by molar-refractivity contribution is -0.153. The van der Waals surface area contributed by atoms with E-state index in [-0.39, 0.29) is 12.0 Å². The number of hydrogen-bond acceptors (Lipinski definition) is 5. The van der Waals surface area contributed by atoms with Crippen molar-refractivity contribution in [1.29, 1.82) is 0 Å². The number of rotatable bonds is 6. The first kappa shape index (κ1) is 15.8. The highest BCUT2D eigenvalue weighted by Gasteiger charge is 2.39. The van der Waals surface area contributed by atoms with Crippen LogP contribution in [0.5, 0.6) is 5.75 Å². The number of aromatic nitrogens is 3. The predicted molar refractivity (Wildman–Crippen MR) is 92.6 cm³/mol. The van der Waals surface area contributed by atoms with Crippen molar-refractivity contribution >= 4 is 0 Å². The highest BCUT2D eigenvalue weighted by Crippen LogP contribution is 2.33. The van der Waals surface area contributed by atoms with Crippen LogP contribution in [0, 0.1) is 5.41 Å². The van der Waals surface area contributed by atoms with Gasteiger partial charge in [0.25, 0.3) is 0 Å². The fourth-order valence-electron chi connectivity index (χ4n) is 2.82. The van der Waals surface area contributed by atoms with Crippen LogP contribution in [0.4, 0.5) is 0 Å². The van der Waals surface area contributed by atoms with Gasteiger partial charge in [-0.15, -0.1) is 10.2 Å². The van der Waals surface area contributed by atoms with E-state index in [1.165, 1.54) is 0 Å². The Balaban J connectivity index is 1.65. The standard InChI is InChI=1S/C19H19N3O3/c23-10-19(11-24-12-19)13-25-17-9-5-4-8-16(17)18-21-20-14-22(18)15-6-2-1-3-7-15/h1-9,14,23H,10-13H2. The predicted octanol–water partition coefficient (Wildman–Crippen LogP) is 2.32. The quantitative estimate of drug-likeness (QED) is 0.747. The molecule has 0 radical (unpaired) electrons. The molecule has 25 heavy (non-hydrogen) atoms. The first-order valence-electron chi connectivity index (χ1n) is 8.18. The van der Waals surface area contributed by atoms with Crippen LogP contribution in [0.25, 0.3) is 17.1 Å². The molecule has 1 fully saturated rings. The lowest BCUT2D eigenvalue weighted by Crippen LogP contribution is -2.49. The van der Waals surface area contributed by atoms with Gasteiger partial charge in [0.05, 0.1) is 30.8 Å². The van der Waals surface area contributed by atoms with E-state index in [2.05, 4.69) is 10.2 Å². The van der Waals surface area contributed by atoms with Crippen molar-refractivity contribution in [2.24, 2.45) is 5.41 Å². The Kier molecular flexibility index (Phi) is 4.21. The van der Waals surface area contributed by atoms with Gasteiger partial charge in [-0.1, -0.05) is 30.3 Å². The van der Waals surface area contributed by atoms with Gasteiger partial charge in [0.2, 0.25) is 0 Å². The molecule has 0 bridgehead atoms.